The first-order valence-corrected chi connectivity index (χ1v) is 18.6. The smallest absolute Gasteiger partial charge is 0.238 e. The summed E-state index contributed by atoms with van der Waals surface area (Å²) in [5.74, 6) is -4.50. The molecule has 2 saturated heterocycles. The van der Waals surface area contributed by atoms with Gasteiger partial charge in [-0.2, -0.15) is 0 Å². The standard InChI is InChI=1S/C44H37ClN2O6/c45-37-23-30(48)15-16-32(37)40-31-17-18-33-39(43(52)47(42(33)51)29-13-11-28(12-14-29)46-19-21-53-22-20-46)35(31)24-36-41(50)34(26-7-3-1-4-8-26)25-38(49)44(36,40)27-9-5-2-6-10-27/h1-17,23,25,33,35-36,39-40,48H,18-22,24H2. The predicted molar refractivity (Wildman–Crippen MR) is 202 cm³/mol. The lowest BCUT2D eigenvalue weighted by molar-refractivity contribution is -0.135. The number of phenols is 1. The molecule has 9 heteroatoms. The van der Waals surface area contributed by atoms with Gasteiger partial charge < -0.3 is 14.7 Å². The molecular formula is C44H37ClN2O6. The quantitative estimate of drug-likeness (QED) is 0.176. The highest BCUT2D eigenvalue weighted by Gasteiger charge is 2.66. The van der Waals surface area contributed by atoms with E-state index in [1.54, 1.807) is 6.07 Å². The number of halogens is 1. The maximum Gasteiger partial charge on any atom is 0.238 e. The maximum absolute atomic E-state index is 15.2. The highest BCUT2D eigenvalue weighted by Crippen LogP contribution is 2.64. The van der Waals surface area contributed by atoms with Crippen LogP contribution in [0, 0.1) is 23.7 Å². The van der Waals surface area contributed by atoms with Gasteiger partial charge in [0.25, 0.3) is 0 Å². The molecule has 1 N–H and O–H groups in total. The van der Waals surface area contributed by atoms with E-state index in [9.17, 15) is 14.7 Å². The number of hydrogen-bond acceptors (Lipinski definition) is 7. The Labute approximate surface area is 312 Å². The van der Waals surface area contributed by atoms with Crippen LogP contribution in [0.25, 0.3) is 5.57 Å². The molecule has 0 spiro atoms. The zero-order chi connectivity index (χ0) is 36.4. The topological polar surface area (TPSA) is 104 Å². The van der Waals surface area contributed by atoms with Crippen molar-refractivity contribution in [3.63, 3.8) is 0 Å². The zero-order valence-electron chi connectivity index (χ0n) is 28.9. The molecule has 6 atom stereocenters. The molecule has 3 aliphatic carbocycles. The van der Waals surface area contributed by atoms with E-state index in [-0.39, 0.29) is 40.6 Å². The summed E-state index contributed by atoms with van der Waals surface area (Å²) in [4.78, 5) is 62.7. The molecule has 0 bridgehead atoms. The van der Waals surface area contributed by atoms with Gasteiger partial charge in [0.05, 0.1) is 36.2 Å². The number of Topliss-reactive ketones (excluding diaryl/α,β-unsaturated/α-hetero) is 1. The van der Waals surface area contributed by atoms with Gasteiger partial charge in [-0.15, -0.1) is 0 Å². The molecule has 0 radical (unpaired) electrons. The van der Waals surface area contributed by atoms with E-state index in [0.29, 0.717) is 47.6 Å². The normalized spacial score (nSPS) is 28.2. The molecule has 0 aromatic heterocycles. The van der Waals surface area contributed by atoms with Gasteiger partial charge in [0.2, 0.25) is 11.8 Å². The third kappa shape index (κ3) is 5.14. The molecule has 53 heavy (non-hydrogen) atoms. The lowest BCUT2D eigenvalue weighted by Gasteiger charge is -2.55. The number of benzene rings is 4. The molecule has 2 aliphatic heterocycles. The van der Waals surface area contributed by atoms with Gasteiger partial charge in [0, 0.05) is 41.2 Å². The van der Waals surface area contributed by atoms with Crippen LogP contribution >= 0.6 is 11.6 Å². The van der Waals surface area contributed by atoms with E-state index >= 15 is 9.59 Å². The van der Waals surface area contributed by atoms with Crippen molar-refractivity contribution in [1.29, 1.82) is 0 Å². The highest BCUT2D eigenvalue weighted by atomic mass is 35.5. The van der Waals surface area contributed by atoms with Crippen LogP contribution in [0.15, 0.2) is 121 Å². The molecule has 266 valence electrons. The van der Waals surface area contributed by atoms with Gasteiger partial charge in [-0.1, -0.05) is 90.0 Å². The SMILES string of the molecule is O=C1C(c2ccccc2)=CC(=O)C2(c3ccccc3)C1CC1C(=CCC3C(=O)N(c4ccc(N5CCOCC5)cc4)C(=O)C31)C2c1ccc(O)cc1Cl. The molecule has 2 heterocycles. The fourth-order valence-electron chi connectivity index (χ4n) is 9.86. The number of ketones is 2. The number of morpholine rings is 1. The van der Waals surface area contributed by atoms with Crippen LogP contribution in [0.2, 0.25) is 5.02 Å². The number of phenolic OH excluding ortho intramolecular Hbond substituents is 1. The summed E-state index contributed by atoms with van der Waals surface area (Å²) in [7, 11) is 0. The number of rotatable bonds is 5. The fourth-order valence-corrected chi connectivity index (χ4v) is 10.1. The number of anilines is 2. The minimum absolute atomic E-state index is 0.0294. The Morgan fingerprint density at radius 1 is 0.774 bits per heavy atom. The minimum Gasteiger partial charge on any atom is -0.508 e. The summed E-state index contributed by atoms with van der Waals surface area (Å²) in [5.41, 5.74) is 3.18. The second-order valence-corrected chi connectivity index (χ2v) is 15.0. The number of aromatic hydroxyl groups is 1. The number of carbonyl (C=O) groups excluding carboxylic acids is 4. The molecule has 4 aromatic carbocycles. The Morgan fingerprint density at radius 2 is 1.45 bits per heavy atom. The number of amides is 2. The first-order valence-electron chi connectivity index (χ1n) is 18.2. The van der Waals surface area contributed by atoms with Crippen molar-refractivity contribution in [1.82, 2.24) is 0 Å². The second-order valence-electron chi connectivity index (χ2n) is 14.6. The van der Waals surface area contributed by atoms with Crippen molar-refractivity contribution in [2.45, 2.75) is 24.2 Å². The van der Waals surface area contributed by atoms with Gasteiger partial charge in [0.1, 0.15) is 5.75 Å². The van der Waals surface area contributed by atoms with E-state index in [1.165, 1.54) is 23.1 Å². The Kier molecular flexibility index (Phi) is 8.20. The number of ether oxygens (including phenoxy) is 1. The van der Waals surface area contributed by atoms with Crippen LogP contribution in [0.3, 0.4) is 0 Å². The van der Waals surface area contributed by atoms with Crippen molar-refractivity contribution in [2.75, 3.05) is 36.1 Å². The monoisotopic (exact) mass is 724 g/mol. The number of imide groups is 1. The summed E-state index contributed by atoms with van der Waals surface area (Å²) in [5, 5.41) is 10.7. The van der Waals surface area contributed by atoms with E-state index in [4.69, 9.17) is 16.3 Å². The maximum atomic E-state index is 15.2. The first kappa shape index (κ1) is 33.5. The van der Waals surface area contributed by atoms with E-state index in [2.05, 4.69) is 4.90 Å². The first-order chi connectivity index (χ1) is 25.8. The number of nitrogens with zero attached hydrogens (tertiary/aromatic N) is 2. The van der Waals surface area contributed by atoms with Gasteiger partial charge in [0.15, 0.2) is 11.6 Å². The third-order valence-corrected chi connectivity index (χ3v) is 12.5. The average Bonchev–Trinajstić information content (AvgIpc) is 3.45. The lowest BCUT2D eigenvalue weighted by atomic mass is 9.44. The van der Waals surface area contributed by atoms with Crippen LogP contribution in [0.1, 0.15) is 35.4 Å². The van der Waals surface area contributed by atoms with Crippen molar-refractivity contribution < 1.29 is 29.0 Å². The Bertz CT molecular complexity index is 2210. The molecule has 9 rings (SSSR count). The van der Waals surface area contributed by atoms with Gasteiger partial charge in [-0.05, 0) is 77.9 Å². The average molecular weight is 725 g/mol. The fraction of sp³-hybridized carbons (Fsp3) is 0.273. The predicted octanol–water partition coefficient (Wildman–Crippen LogP) is 6.91. The molecule has 4 aromatic rings. The van der Waals surface area contributed by atoms with Crippen molar-refractivity contribution in [2.24, 2.45) is 23.7 Å². The molecule has 5 aliphatic rings. The van der Waals surface area contributed by atoms with Crippen LogP contribution in [-0.2, 0) is 29.3 Å². The summed E-state index contributed by atoms with van der Waals surface area (Å²) >= 11 is 6.98. The number of hydrogen-bond donors (Lipinski definition) is 1. The molecule has 3 fully saturated rings. The zero-order valence-corrected chi connectivity index (χ0v) is 29.6. The lowest BCUT2D eigenvalue weighted by Crippen LogP contribution is -2.58. The van der Waals surface area contributed by atoms with Crippen molar-refractivity contribution >= 4 is 51.9 Å². The van der Waals surface area contributed by atoms with Crippen LogP contribution in [0.4, 0.5) is 11.4 Å². The Morgan fingerprint density at radius 3 is 2.15 bits per heavy atom. The number of allylic oxidation sites excluding steroid dienone is 4. The number of fused-ring (bicyclic) bond motifs is 4. The van der Waals surface area contributed by atoms with Crippen LogP contribution in [-0.4, -0.2) is 54.8 Å². The summed E-state index contributed by atoms with van der Waals surface area (Å²) in [6.45, 7) is 2.82. The molecule has 1 saturated carbocycles. The second kappa shape index (κ2) is 13.0. The van der Waals surface area contributed by atoms with E-state index < -0.39 is 35.0 Å². The Balaban J connectivity index is 1.19. The van der Waals surface area contributed by atoms with E-state index in [1.807, 2.05) is 91.0 Å². The molecular weight excluding hydrogens is 688 g/mol. The van der Waals surface area contributed by atoms with Gasteiger partial charge in [-0.3, -0.25) is 24.1 Å². The summed E-state index contributed by atoms with van der Waals surface area (Å²) < 4.78 is 5.50. The summed E-state index contributed by atoms with van der Waals surface area (Å²) in [6, 6.07) is 30.8. The molecule has 2 amide bonds. The van der Waals surface area contributed by atoms with Gasteiger partial charge in [-0.25, -0.2) is 0 Å². The van der Waals surface area contributed by atoms with Gasteiger partial charge >= 0.3 is 0 Å². The highest BCUT2D eigenvalue weighted by molar-refractivity contribution is 6.33. The third-order valence-electron chi connectivity index (χ3n) is 12.2. The van der Waals surface area contributed by atoms with Crippen LogP contribution in [0.5, 0.6) is 5.75 Å². The largest absolute Gasteiger partial charge is 0.508 e. The molecule has 6 unspecified atom stereocenters. The number of carbonyl (C=O) groups is 4. The van der Waals surface area contributed by atoms with E-state index in [0.717, 1.165) is 24.4 Å². The minimum atomic E-state index is -1.40. The van der Waals surface area contributed by atoms with Crippen molar-refractivity contribution in [3.05, 3.63) is 143 Å². The molecule has 8 nitrogen and oxygen atoms in total. The van der Waals surface area contributed by atoms with Crippen molar-refractivity contribution in [3.8, 4) is 5.75 Å². The summed E-state index contributed by atoms with van der Waals surface area (Å²) in [6.07, 6.45) is 4.01. The van der Waals surface area contributed by atoms with Crippen LogP contribution < -0.4 is 9.80 Å². The Hall–Kier alpha value is -5.31.